The molecule has 0 unspecified atom stereocenters. The molecule has 0 bridgehead atoms. The van der Waals surface area contributed by atoms with Gasteiger partial charge in [0.1, 0.15) is 16.1 Å². The Labute approximate surface area is 152 Å². The zero-order chi connectivity index (χ0) is 19.5. The van der Waals surface area contributed by atoms with Crippen LogP contribution in [0.5, 0.6) is 0 Å². The third-order valence-corrected chi connectivity index (χ3v) is 6.44. The largest absolute Gasteiger partial charge is 0.481 e. The number of aryl methyl sites for hydroxylation is 2. The average Bonchev–Trinajstić information content (AvgIpc) is 3.13. The van der Waals surface area contributed by atoms with Crippen molar-refractivity contribution in [2.75, 3.05) is 13.6 Å². The van der Waals surface area contributed by atoms with E-state index < -0.39 is 21.5 Å². The molecule has 0 aromatic carbocycles. The number of carbonyl (C=O) groups is 2. The fourth-order valence-electron chi connectivity index (χ4n) is 3.44. The van der Waals surface area contributed by atoms with Gasteiger partial charge >= 0.3 is 5.97 Å². The minimum Gasteiger partial charge on any atom is -0.481 e. The molecule has 1 amide bonds. The standard InChI is InChI=1S/C16H25N3O6S/c1-11-14(12(2)25-17-11)26(23,24)18-16(8-4-5-9-16)15(22)19(3)10-6-7-13(20)21/h18H,4-10H2,1-3H3,(H,20,21). The van der Waals surface area contributed by atoms with Gasteiger partial charge in [-0.2, -0.15) is 4.72 Å². The molecule has 1 saturated carbocycles. The first kappa shape index (κ1) is 20.4. The van der Waals surface area contributed by atoms with Crippen LogP contribution in [0, 0.1) is 13.8 Å². The molecule has 10 heteroatoms. The molecule has 26 heavy (non-hydrogen) atoms. The monoisotopic (exact) mass is 387 g/mol. The van der Waals surface area contributed by atoms with E-state index in [-0.39, 0.29) is 35.2 Å². The molecule has 0 atom stereocenters. The Morgan fingerprint density at radius 2 is 1.92 bits per heavy atom. The van der Waals surface area contributed by atoms with E-state index in [2.05, 4.69) is 9.88 Å². The molecular weight excluding hydrogens is 362 g/mol. The van der Waals surface area contributed by atoms with Crippen LogP contribution in [0.2, 0.25) is 0 Å². The third kappa shape index (κ3) is 4.24. The van der Waals surface area contributed by atoms with Crippen molar-refractivity contribution in [2.24, 2.45) is 0 Å². The SMILES string of the molecule is Cc1noc(C)c1S(=O)(=O)NC1(C(=O)N(C)CCCC(=O)O)CCCC1. The number of rotatable bonds is 8. The Kier molecular flexibility index (Phi) is 6.07. The Morgan fingerprint density at radius 1 is 1.31 bits per heavy atom. The zero-order valence-corrected chi connectivity index (χ0v) is 16.1. The predicted molar refractivity (Wildman–Crippen MR) is 92.0 cm³/mol. The van der Waals surface area contributed by atoms with Crippen molar-refractivity contribution in [2.45, 2.75) is 62.8 Å². The quantitative estimate of drug-likeness (QED) is 0.685. The van der Waals surface area contributed by atoms with Gasteiger partial charge in [-0.05, 0) is 33.1 Å². The minimum atomic E-state index is -3.98. The van der Waals surface area contributed by atoms with Crippen LogP contribution >= 0.6 is 0 Å². The van der Waals surface area contributed by atoms with E-state index in [1.165, 1.54) is 18.7 Å². The number of hydrogen-bond acceptors (Lipinski definition) is 6. The highest BCUT2D eigenvalue weighted by Crippen LogP contribution is 2.34. The van der Waals surface area contributed by atoms with Crippen molar-refractivity contribution < 1.29 is 27.6 Å². The summed E-state index contributed by atoms with van der Waals surface area (Å²) >= 11 is 0. The number of likely N-dealkylation sites (N-methyl/N-ethyl adjacent to an activating group) is 1. The van der Waals surface area contributed by atoms with Crippen LogP contribution < -0.4 is 4.72 Å². The molecule has 0 aliphatic heterocycles. The van der Waals surface area contributed by atoms with Gasteiger partial charge in [-0.15, -0.1) is 0 Å². The van der Waals surface area contributed by atoms with Gasteiger partial charge < -0.3 is 14.5 Å². The Bertz CT molecular complexity index is 760. The molecule has 0 saturated heterocycles. The van der Waals surface area contributed by atoms with Gasteiger partial charge in [-0.3, -0.25) is 9.59 Å². The molecule has 1 aliphatic rings. The number of carboxylic acid groups (broad SMARTS) is 1. The second kappa shape index (κ2) is 7.75. The third-order valence-electron chi connectivity index (χ3n) is 4.66. The van der Waals surface area contributed by atoms with Crippen molar-refractivity contribution in [1.29, 1.82) is 0 Å². The summed E-state index contributed by atoms with van der Waals surface area (Å²) in [5.41, 5.74) is -0.974. The van der Waals surface area contributed by atoms with Crippen molar-refractivity contribution in [3.8, 4) is 0 Å². The predicted octanol–water partition coefficient (Wildman–Crippen LogP) is 1.21. The summed E-state index contributed by atoms with van der Waals surface area (Å²) < 4.78 is 33.3. The lowest BCUT2D eigenvalue weighted by atomic mass is 9.97. The Balaban J connectivity index is 2.21. The van der Waals surface area contributed by atoms with Crippen LogP contribution in [0.4, 0.5) is 0 Å². The maximum Gasteiger partial charge on any atom is 0.303 e. The van der Waals surface area contributed by atoms with Crippen LogP contribution in [0.3, 0.4) is 0 Å². The number of nitrogens with one attached hydrogen (secondary N) is 1. The first-order valence-corrected chi connectivity index (χ1v) is 10.0. The van der Waals surface area contributed by atoms with Crippen LogP contribution in [0.15, 0.2) is 9.42 Å². The molecule has 1 aromatic heterocycles. The first-order chi connectivity index (χ1) is 12.1. The molecule has 1 aliphatic carbocycles. The molecule has 2 rings (SSSR count). The Morgan fingerprint density at radius 3 is 2.42 bits per heavy atom. The van der Waals surface area contributed by atoms with Gasteiger partial charge in [0.25, 0.3) is 0 Å². The lowest BCUT2D eigenvalue weighted by molar-refractivity contribution is -0.139. The molecule has 1 heterocycles. The summed E-state index contributed by atoms with van der Waals surface area (Å²) in [6.45, 7) is 3.29. The van der Waals surface area contributed by atoms with Crippen LogP contribution in [0.25, 0.3) is 0 Å². The van der Waals surface area contributed by atoms with Gasteiger partial charge in [-0.25, -0.2) is 8.42 Å². The number of aromatic nitrogens is 1. The summed E-state index contributed by atoms with van der Waals surface area (Å²) in [5, 5.41) is 12.4. The Hall–Kier alpha value is -1.94. The number of nitrogens with zero attached hydrogens (tertiary/aromatic N) is 2. The fourth-order valence-corrected chi connectivity index (χ4v) is 5.19. The minimum absolute atomic E-state index is 0.0369. The van der Waals surface area contributed by atoms with Gasteiger partial charge in [0, 0.05) is 20.0 Å². The number of amides is 1. The summed E-state index contributed by atoms with van der Waals surface area (Å²) in [6.07, 6.45) is 2.53. The molecular formula is C16H25N3O6S. The van der Waals surface area contributed by atoms with E-state index in [1.54, 1.807) is 7.05 Å². The lowest BCUT2D eigenvalue weighted by Gasteiger charge is -2.33. The average molecular weight is 387 g/mol. The number of hydrogen-bond donors (Lipinski definition) is 2. The molecule has 2 N–H and O–H groups in total. The highest BCUT2D eigenvalue weighted by Gasteiger charge is 2.46. The van der Waals surface area contributed by atoms with Crippen molar-refractivity contribution >= 4 is 21.9 Å². The first-order valence-electron chi connectivity index (χ1n) is 8.53. The lowest BCUT2D eigenvalue weighted by Crippen LogP contribution is -2.57. The van der Waals surface area contributed by atoms with E-state index in [1.807, 2.05) is 0 Å². The number of sulfonamides is 1. The van der Waals surface area contributed by atoms with E-state index in [0.717, 1.165) is 12.8 Å². The van der Waals surface area contributed by atoms with Crippen LogP contribution in [0.1, 0.15) is 50.0 Å². The number of carbonyl (C=O) groups excluding carboxylic acids is 1. The smallest absolute Gasteiger partial charge is 0.303 e. The summed E-state index contributed by atoms with van der Waals surface area (Å²) in [7, 11) is -2.42. The van der Waals surface area contributed by atoms with E-state index in [4.69, 9.17) is 9.63 Å². The van der Waals surface area contributed by atoms with Crippen LogP contribution in [-0.4, -0.2) is 54.6 Å². The van der Waals surface area contributed by atoms with Gasteiger partial charge in [0.2, 0.25) is 15.9 Å². The summed E-state index contributed by atoms with van der Waals surface area (Å²) in [4.78, 5) is 25.0. The van der Waals surface area contributed by atoms with Crippen LogP contribution in [-0.2, 0) is 19.6 Å². The second-order valence-electron chi connectivity index (χ2n) is 6.77. The number of aliphatic carboxylic acids is 1. The van der Waals surface area contributed by atoms with Gasteiger partial charge in [-0.1, -0.05) is 18.0 Å². The van der Waals surface area contributed by atoms with Crippen molar-refractivity contribution in [1.82, 2.24) is 14.8 Å². The van der Waals surface area contributed by atoms with E-state index >= 15 is 0 Å². The van der Waals surface area contributed by atoms with E-state index in [9.17, 15) is 18.0 Å². The zero-order valence-electron chi connectivity index (χ0n) is 15.2. The van der Waals surface area contributed by atoms with Crippen molar-refractivity contribution in [3.63, 3.8) is 0 Å². The molecule has 146 valence electrons. The second-order valence-corrected chi connectivity index (χ2v) is 8.39. The maximum absolute atomic E-state index is 13.0. The summed E-state index contributed by atoms with van der Waals surface area (Å²) in [5.74, 6) is -1.10. The maximum atomic E-state index is 13.0. The van der Waals surface area contributed by atoms with E-state index in [0.29, 0.717) is 19.3 Å². The topological polar surface area (TPSA) is 130 Å². The van der Waals surface area contributed by atoms with Crippen molar-refractivity contribution in [3.05, 3.63) is 11.5 Å². The molecule has 9 nitrogen and oxygen atoms in total. The molecule has 1 aromatic rings. The fraction of sp³-hybridized carbons (Fsp3) is 0.688. The summed E-state index contributed by atoms with van der Waals surface area (Å²) in [6, 6.07) is 0. The molecule has 0 radical (unpaired) electrons. The molecule has 1 fully saturated rings. The van der Waals surface area contributed by atoms with Gasteiger partial charge in [0.05, 0.1) is 0 Å². The van der Waals surface area contributed by atoms with Gasteiger partial charge in [0.15, 0.2) is 5.76 Å². The highest BCUT2D eigenvalue weighted by molar-refractivity contribution is 7.89. The highest BCUT2D eigenvalue weighted by atomic mass is 32.2. The normalized spacial score (nSPS) is 16.6. The number of carboxylic acids is 1. The molecule has 0 spiro atoms.